The quantitative estimate of drug-likeness (QED) is 0.824. The van der Waals surface area contributed by atoms with Gasteiger partial charge in [0.15, 0.2) is 5.84 Å². The number of nitrogens with one attached hydrogen (secondary N) is 1. The average Bonchev–Trinajstić information content (AvgIpc) is 3.05. The number of hydrogen-bond acceptors (Lipinski definition) is 4. The highest BCUT2D eigenvalue weighted by molar-refractivity contribution is 8.27. The number of thioether (sulfide) groups is 1. The number of carbonyl (C=O) groups excluding carboxylic acids is 1. The van der Waals surface area contributed by atoms with Gasteiger partial charge in [-0.3, -0.25) is 10.2 Å². The van der Waals surface area contributed by atoms with Gasteiger partial charge in [0.1, 0.15) is 10.9 Å². The van der Waals surface area contributed by atoms with Crippen molar-refractivity contribution < 1.29 is 9.18 Å². The van der Waals surface area contributed by atoms with E-state index in [1.54, 1.807) is 12.1 Å². The van der Waals surface area contributed by atoms with E-state index in [4.69, 9.17) is 5.41 Å². The van der Waals surface area contributed by atoms with E-state index in [2.05, 4.69) is 10.1 Å². The van der Waals surface area contributed by atoms with E-state index < -0.39 is 5.91 Å². The van der Waals surface area contributed by atoms with Crippen molar-refractivity contribution in [2.75, 3.05) is 0 Å². The van der Waals surface area contributed by atoms with Crippen molar-refractivity contribution in [3.05, 3.63) is 76.6 Å². The standard InChI is InChI=1S/C19H13FN4OS/c1-11-2-6-13(7-3-11)18-23-24-16(21)15(17(25)22-19(24)26-18)10-12-4-8-14(20)9-5-12/h2-10,21H,1H3/b15-10-,21-16?. The minimum Gasteiger partial charge on any atom is -0.282 e. The van der Waals surface area contributed by atoms with Crippen molar-refractivity contribution in [2.24, 2.45) is 10.1 Å². The zero-order valence-electron chi connectivity index (χ0n) is 13.7. The molecular formula is C19H13FN4OS. The van der Waals surface area contributed by atoms with Crippen molar-refractivity contribution in [1.82, 2.24) is 5.01 Å². The maximum atomic E-state index is 13.0. The van der Waals surface area contributed by atoms with Gasteiger partial charge in [-0.2, -0.15) is 15.1 Å². The SMILES string of the molecule is Cc1ccc(C2=NN3C(=N)/C(=C/c4ccc(F)cc4)C(=O)N=C3S2)cc1. The molecule has 0 atom stereocenters. The fraction of sp³-hybridized carbons (Fsp3) is 0.0526. The number of fused-ring (bicyclic) bond motifs is 1. The molecule has 4 rings (SSSR count). The highest BCUT2D eigenvalue weighted by atomic mass is 32.2. The molecule has 1 amide bonds. The Hall–Kier alpha value is -3.06. The fourth-order valence-corrected chi connectivity index (χ4v) is 3.43. The molecule has 0 saturated carbocycles. The lowest BCUT2D eigenvalue weighted by atomic mass is 10.1. The predicted octanol–water partition coefficient (Wildman–Crippen LogP) is 3.80. The Labute approximate surface area is 153 Å². The zero-order valence-corrected chi connectivity index (χ0v) is 14.5. The molecule has 0 saturated heterocycles. The van der Waals surface area contributed by atoms with Crippen LogP contribution in [0.25, 0.3) is 6.08 Å². The van der Waals surface area contributed by atoms with Gasteiger partial charge in [0.2, 0.25) is 5.17 Å². The number of hydrazone groups is 1. The number of rotatable bonds is 2. The van der Waals surface area contributed by atoms with E-state index >= 15 is 0 Å². The monoisotopic (exact) mass is 364 g/mol. The molecule has 128 valence electrons. The van der Waals surface area contributed by atoms with Crippen LogP contribution in [0.3, 0.4) is 0 Å². The molecule has 2 aliphatic heterocycles. The van der Waals surface area contributed by atoms with E-state index in [0.29, 0.717) is 15.8 Å². The number of amidine groups is 2. The van der Waals surface area contributed by atoms with Crippen LogP contribution in [0.2, 0.25) is 0 Å². The normalized spacial score (nSPS) is 18.1. The molecular weight excluding hydrogens is 351 g/mol. The van der Waals surface area contributed by atoms with Gasteiger partial charge in [0, 0.05) is 5.56 Å². The molecule has 0 aliphatic carbocycles. The zero-order chi connectivity index (χ0) is 18.3. The number of nitrogens with zero attached hydrogens (tertiary/aromatic N) is 3. The van der Waals surface area contributed by atoms with Gasteiger partial charge >= 0.3 is 0 Å². The molecule has 0 aromatic heterocycles. The van der Waals surface area contributed by atoms with Crippen molar-refractivity contribution in [3.63, 3.8) is 0 Å². The number of halogens is 1. The van der Waals surface area contributed by atoms with Gasteiger partial charge in [-0.25, -0.2) is 4.39 Å². The number of amides is 1. The number of hydrogen-bond donors (Lipinski definition) is 1. The summed E-state index contributed by atoms with van der Waals surface area (Å²) in [5, 5.41) is 15.2. The van der Waals surface area contributed by atoms with Crippen molar-refractivity contribution in [3.8, 4) is 0 Å². The van der Waals surface area contributed by atoms with Crippen LogP contribution in [0, 0.1) is 18.2 Å². The molecule has 0 fully saturated rings. The molecule has 0 unspecified atom stereocenters. The lowest BCUT2D eigenvalue weighted by molar-refractivity contribution is -0.114. The Bertz CT molecular complexity index is 1010. The second-order valence-corrected chi connectivity index (χ2v) is 6.80. The van der Waals surface area contributed by atoms with Gasteiger partial charge in [-0.15, -0.1) is 0 Å². The first-order valence-electron chi connectivity index (χ1n) is 7.84. The van der Waals surface area contributed by atoms with Crippen LogP contribution in [-0.4, -0.2) is 27.0 Å². The van der Waals surface area contributed by atoms with Crippen LogP contribution in [-0.2, 0) is 4.79 Å². The summed E-state index contributed by atoms with van der Waals surface area (Å²) in [7, 11) is 0. The van der Waals surface area contributed by atoms with Crippen LogP contribution >= 0.6 is 11.8 Å². The number of benzene rings is 2. The summed E-state index contributed by atoms with van der Waals surface area (Å²) in [6, 6.07) is 13.5. The first-order valence-corrected chi connectivity index (χ1v) is 8.66. The fourth-order valence-electron chi connectivity index (χ4n) is 2.53. The topological polar surface area (TPSA) is 68.9 Å². The van der Waals surface area contributed by atoms with E-state index in [-0.39, 0.29) is 17.2 Å². The summed E-state index contributed by atoms with van der Waals surface area (Å²) in [5.41, 5.74) is 2.78. The molecule has 0 radical (unpaired) electrons. The summed E-state index contributed by atoms with van der Waals surface area (Å²) >= 11 is 1.26. The third-order valence-electron chi connectivity index (χ3n) is 3.93. The molecule has 7 heteroatoms. The van der Waals surface area contributed by atoms with Crippen LogP contribution < -0.4 is 0 Å². The third kappa shape index (κ3) is 2.97. The molecule has 0 spiro atoms. The largest absolute Gasteiger partial charge is 0.283 e. The van der Waals surface area contributed by atoms with Gasteiger partial charge < -0.3 is 0 Å². The van der Waals surface area contributed by atoms with Crippen molar-refractivity contribution in [1.29, 1.82) is 5.41 Å². The summed E-state index contributed by atoms with van der Waals surface area (Å²) in [6.45, 7) is 2.00. The number of carbonyl (C=O) groups is 1. The van der Waals surface area contributed by atoms with Gasteiger partial charge in [0.25, 0.3) is 5.91 Å². The Morgan fingerprint density at radius 2 is 1.81 bits per heavy atom. The van der Waals surface area contributed by atoms with E-state index in [1.807, 2.05) is 31.2 Å². The first-order chi connectivity index (χ1) is 12.5. The van der Waals surface area contributed by atoms with Gasteiger partial charge in [-0.1, -0.05) is 42.0 Å². The van der Waals surface area contributed by atoms with E-state index in [0.717, 1.165) is 11.1 Å². The Morgan fingerprint density at radius 1 is 1.12 bits per heavy atom. The van der Waals surface area contributed by atoms with Crippen molar-refractivity contribution >= 4 is 39.8 Å². The van der Waals surface area contributed by atoms with Crippen LogP contribution in [0.5, 0.6) is 0 Å². The number of aryl methyl sites for hydroxylation is 1. The molecule has 2 aromatic rings. The molecule has 2 aromatic carbocycles. The maximum Gasteiger partial charge on any atom is 0.283 e. The Balaban J connectivity index is 1.68. The lowest BCUT2D eigenvalue weighted by Gasteiger charge is -2.20. The summed E-state index contributed by atoms with van der Waals surface area (Å²) in [4.78, 5) is 16.4. The summed E-state index contributed by atoms with van der Waals surface area (Å²) in [5.74, 6) is -0.904. The first kappa shape index (κ1) is 16.4. The molecule has 1 N–H and O–H groups in total. The van der Waals surface area contributed by atoms with Gasteiger partial charge in [0.05, 0.1) is 5.57 Å². The minimum atomic E-state index is -0.501. The summed E-state index contributed by atoms with van der Waals surface area (Å²) < 4.78 is 13.0. The highest BCUT2D eigenvalue weighted by Crippen LogP contribution is 2.30. The van der Waals surface area contributed by atoms with Crippen LogP contribution in [0.1, 0.15) is 16.7 Å². The highest BCUT2D eigenvalue weighted by Gasteiger charge is 2.35. The third-order valence-corrected chi connectivity index (χ3v) is 4.89. The van der Waals surface area contributed by atoms with Crippen molar-refractivity contribution in [2.45, 2.75) is 6.92 Å². The summed E-state index contributed by atoms with van der Waals surface area (Å²) in [6.07, 6.45) is 1.52. The predicted molar refractivity (Wildman–Crippen MR) is 102 cm³/mol. The molecule has 5 nitrogen and oxygen atoms in total. The van der Waals surface area contributed by atoms with Crippen LogP contribution in [0.15, 0.2) is 64.2 Å². The average molecular weight is 364 g/mol. The maximum absolute atomic E-state index is 13.0. The minimum absolute atomic E-state index is 0.0427. The second kappa shape index (κ2) is 6.34. The lowest BCUT2D eigenvalue weighted by Crippen LogP contribution is -2.35. The Kier molecular flexibility index (Phi) is 4.00. The molecule has 2 heterocycles. The van der Waals surface area contributed by atoms with Crippen LogP contribution in [0.4, 0.5) is 4.39 Å². The molecule has 0 bridgehead atoms. The number of aliphatic imine (C=N–C) groups is 1. The van der Waals surface area contributed by atoms with Gasteiger partial charge in [-0.05, 0) is 42.5 Å². The second-order valence-electron chi connectivity index (χ2n) is 5.84. The van der Waals surface area contributed by atoms with E-state index in [9.17, 15) is 9.18 Å². The molecule has 26 heavy (non-hydrogen) atoms. The molecule has 2 aliphatic rings. The van der Waals surface area contributed by atoms with E-state index in [1.165, 1.54) is 35.0 Å². The smallest absolute Gasteiger partial charge is 0.282 e. The Morgan fingerprint density at radius 3 is 2.50 bits per heavy atom.